The van der Waals surface area contributed by atoms with Crippen LogP contribution < -0.4 is 0 Å². The lowest BCUT2D eigenvalue weighted by atomic mass is 10.0. The van der Waals surface area contributed by atoms with Crippen molar-refractivity contribution < 1.29 is 9.15 Å². The fraction of sp³-hybridized carbons (Fsp3) is 0. The lowest BCUT2D eigenvalue weighted by molar-refractivity contribution is 0.561. The zero-order chi connectivity index (χ0) is 15.8. The molecule has 2 aromatic heterocycles. The first-order valence-electron chi connectivity index (χ1n) is 6.96. The van der Waals surface area contributed by atoms with Crippen LogP contribution in [0.25, 0.3) is 33.1 Å². The Morgan fingerprint density at radius 1 is 1.17 bits per heavy atom. The van der Waals surface area contributed by atoms with Gasteiger partial charge in [-0.25, -0.2) is 0 Å². The maximum atomic E-state index is 7.80. The van der Waals surface area contributed by atoms with Crippen molar-refractivity contribution in [2.45, 2.75) is 0 Å². The molecular weight excluding hydrogens is 292 g/mol. The van der Waals surface area contributed by atoms with Crippen LogP contribution in [0.15, 0.2) is 53.1 Å². The van der Waals surface area contributed by atoms with Crippen LogP contribution >= 0.6 is 0 Å². The third-order valence-electron chi connectivity index (χ3n) is 3.73. The van der Waals surface area contributed by atoms with Gasteiger partial charge in [0, 0.05) is 21.9 Å². The largest absolute Gasteiger partial charge is 0.464 e. The third kappa shape index (κ3) is 2.17. The summed E-state index contributed by atoms with van der Waals surface area (Å²) in [5, 5.41) is 24.0. The Morgan fingerprint density at radius 3 is 2.96 bits per heavy atom. The standard InChI is InChI=1S/C17H12N4O2/c18-9-23-17(19)12-1-3-14-13(8-12)16(21-20-14)11-2-4-15-10(7-11)5-6-22-15/h1-9,18-19H,(H,20,21). The number of nitrogens with zero attached hydrogens (tertiary/aromatic N) is 1. The molecule has 0 fully saturated rings. The van der Waals surface area contributed by atoms with Gasteiger partial charge in [-0.1, -0.05) is 0 Å². The maximum Gasteiger partial charge on any atom is 0.220 e. The number of hydrogen-bond acceptors (Lipinski definition) is 5. The Balaban J connectivity index is 1.87. The quantitative estimate of drug-likeness (QED) is 0.395. The van der Waals surface area contributed by atoms with Gasteiger partial charge in [0.25, 0.3) is 0 Å². The monoisotopic (exact) mass is 304 g/mol. The van der Waals surface area contributed by atoms with Crippen molar-refractivity contribution in [1.82, 2.24) is 10.2 Å². The highest BCUT2D eigenvalue weighted by Gasteiger charge is 2.12. The van der Waals surface area contributed by atoms with E-state index in [4.69, 9.17) is 20.0 Å². The van der Waals surface area contributed by atoms with E-state index in [0.29, 0.717) is 5.56 Å². The molecule has 4 rings (SSSR count). The molecule has 0 atom stereocenters. The summed E-state index contributed by atoms with van der Waals surface area (Å²) in [5.74, 6) is -0.0701. The van der Waals surface area contributed by atoms with E-state index in [0.717, 1.165) is 39.5 Å². The normalized spacial score (nSPS) is 11.0. The van der Waals surface area contributed by atoms with E-state index in [1.165, 1.54) is 0 Å². The number of rotatable bonds is 3. The van der Waals surface area contributed by atoms with Crippen molar-refractivity contribution in [2.24, 2.45) is 0 Å². The van der Waals surface area contributed by atoms with Gasteiger partial charge in [0.2, 0.25) is 5.90 Å². The van der Waals surface area contributed by atoms with Gasteiger partial charge in [-0.05, 0) is 42.5 Å². The molecular formula is C17H12N4O2. The van der Waals surface area contributed by atoms with E-state index >= 15 is 0 Å². The van der Waals surface area contributed by atoms with Crippen LogP contribution in [-0.4, -0.2) is 22.5 Å². The van der Waals surface area contributed by atoms with E-state index in [-0.39, 0.29) is 5.90 Å². The van der Waals surface area contributed by atoms with E-state index in [9.17, 15) is 0 Å². The van der Waals surface area contributed by atoms with Crippen LogP contribution in [0.2, 0.25) is 0 Å². The summed E-state index contributed by atoms with van der Waals surface area (Å²) in [5.41, 5.74) is 4.05. The second-order valence-corrected chi connectivity index (χ2v) is 5.07. The molecule has 0 aliphatic carbocycles. The molecule has 112 valence electrons. The Hall–Kier alpha value is -3.41. The number of aromatic amines is 1. The topological polar surface area (TPSA) is 98.8 Å². The van der Waals surface area contributed by atoms with Gasteiger partial charge in [-0.2, -0.15) is 5.10 Å². The Labute approximate surface area is 130 Å². The van der Waals surface area contributed by atoms with Crippen LogP contribution in [0.4, 0.5) is 0 Å². The average Bonchev–Trinajstić information content (AvgIpc) is 3.20. The van der Waals surface area contributed by atoms with Gasteiger partial charge in [0.05, 0.1) is 17.5 Å². The van der Waals surface area contributed by atoms with Crippen molar-refractivity contribution >= 4 is 34.2 Å². The zero-order valence-electron chi connectivity index (χ0n) is 12.0. The minimum atomic E-state index is -0.0701. The molecule has 2 aromatic carbocycles. The highest BCUT2D eigenvalue weighted by atomic mass is 16.5. The minimum absolute atomic E-state index is 0.0701. The molecule has 0 saturated heterocycles. The second-order valence-electron chi connectivity index (χ2n) is 5.07. The Kier molecular flexibility index (Phi) is 2.94. The second kappa shape index (κ2) is 5.10. The van der Waals surface area contributed by atoms with Gasteiger partial charge < -0.3 is 9.15 Å². The molecule has 0 amide bonds. The van der Waals surface area contributed by atoms with Gasteiger partial charge >= 0.3 is 0 Å². The van der Waals surface area contributed by atoms with Gasteiger partial charge in [-0.15, -0.1) is 0 Å². The lowest BCUT2D eigenvalue weighted by Crippen LogP contribution is -2.02. The maximum absolute atomic E-state index is 7.80. The number of H-pyrrole nitrogens is 1. The van der Waals surface area contributed by atoms with Crippen LogP contribution in [-0.2, 0) is 4.74 Å². The van der Waals surface area contributed by atoms with Crippen molar-refractivity contribution in [3.63, 3.8) is 0 Å². The highest BCUT2D eigenvalue weighted by Crippen LogP contribution is 2.29. The van der Waals surface area contributed by atoms with E-state index in [1.807, 2.05) is 36.4 Å². The highest BCUT2D eigenvalue weighted by molar-refractivity contribution is 6.02. The molecule has 0 saturated carbocycles. The van der Waals surface area contributed by atoms with Crippen molar-refractivity contribution in [3.05, 3.63) is 54.3 Å². The number of hydrogen-bond donors (Lipinski definition) is 3. The summed E-state index contributed by atoms with van der Waals surface area (Å²) in [6, 6.07) is 13.2. The summed E-state index contributed by atoms with van der Waals surface area (Å²) < 4.78 is 10.2. The van der Waals surface area contributed by atoms with Crippen LogP contribution in [0.3, 0.4) is 0 Å². The first-order chi connectivity index (χ1) is 11.3. The number of aromatic nitrogens is 2. The lowest BCUT2D eigenvalue weighted by Gasteiger charge is -2.03. The van der Waals surface area contributed by atoms with Crippen molar-refractivity contribution in [3.8, 4) is 11.3 Å². The molecule has 0 radical (unpaired) electrons. The molecule has 2 heterocycles. The fourth-order valence-corrected chi connectivity index (χ4v) is 2.62. The van der Waals surface area contributed by atoms with Crippen molar-refractivity contribution in [2.75, 3.05) is 0 Å². The minimum Gasteiger partial charge on any atom is -0.464 e. The van der Waals surface area contributed by atoms with E-state index < -0.39 is 0 Å². The van der Waals surface area contributed by atoms with Gasteiger partial charge in [0.1, 0.15) is 5.58 Å². The molecule has 0 spiro atoms. The van der Waals surface area contributed by atoms with Gasteiger partial charge in [-0.3, -0.25) is 15.9 Å². The summed E-state index contributed by atoms with van der Waals surface area (Å²) in [6.45, 7) is 0. The van der Waals surface area contributed by atoms with Crippen LogP contribution in [0.5, 0.6) is 0 Å². The Morgan fingerprint density at radius 2 is 2.09 bits per heavy atom. The number of furan rings is 1. The van der Waals surface area contributed by atoms with E-state index in [2.05, 4.69) is 10.2 Å². The predicted octanol–water partition coefficient (Wildman–Crippen LogP) is 3.93. The first kappa shape index (κ1) is 13.3. The smallest absolute Gasteiger partial charge is 0.220 e. The van der Waals surface area contributed by atoms with Crippen LogP contribution in [0, 0.1) is 10.8 Å². The Bertz CT molecular complexity index is 1050. The predicted molar refractivity (Wildman–Crippen MR) is 88.0 cm³/mol. The third-order valence-corrected chi connectivity index (χ3v) is 3.73. The zero-order valence-corrected chi connectivity index (χ0v) is 12.0. The summed E-state index contributed by atoms with van der Waals surface area (Å²) in [6.07, 6.45) is 2.40. The fourth-order valence-electron chi connectivity index (χ4n) is 2.62. The summed E-state index contributed by atoms with van der Waals surface area (Å²) >= 11 is 0. The van der Waals surface area contributed by atoms with E-state index in [1.54, 1.807) is 12.3 Å². The molecule has 6 nitrogen and oxygen atoms in total. The molecule has 0 unspecified atom stereocenters. The molecule has 0 aliphatic heterocycles. The first-order valence-corrected chi connectivity index (χ1v) is 6.96. The molecule has 3 N–H and O–H groups in total. The van der Waals surface area contributed by atoms with Crippen LogP contribution in [0.1, 0.15) is 5.56 Å². The molecule has 0 aliphatic rings. The summed E-state index contributed by atoms with van der Waals surface area (Å²) in [4.78, 5) is 0. The number of ether oxygens (including phenoxy) is 1. The molecule has 4 aromatic rings. The number of benzene rings is 2. The summed E-state index contributed by atoms with van der Waals surface area (Å²) in [7, 11) is 0. The average molecular weight is 304 g/mol. The SMILES string of the molecule is N=COC(=N)c1ccc2[nH]nc(-c3ccc4occc4c3)c2c1. The number of fused-ring (bicyclic) bond motifs is 2. The van der Waals surface area contributed by atoms with Crippen molar-refractivity contribution in [1.29, 1.82) is 10.8 Å². The molecule has 23 heavy (non-hydrogen) atoms. The number of nitrogens with one attached hydrogen (secondary N) is 3. The van der Waals surface area contributed by atoms with Gasteiger partial charge in [0.15, 0.2) is 6.40 Å². The molecule has 6 heteroatoms. The molecule has 0 bridgehead atoms.